The zero-order valence-electron chi connectivity index (χ0n) is 25.8. The SMILES string of the molecule is CCC1=C(CC)C2=NC1=CC1=C(O)C(CC)(CC)C(=CC3=NC(=CC4=NC(=C2)C(CC)=C4CN)C(CC)=C3CC)N1. The monoisotopic (exact) mass is 551 g/mol. The van der Waals surface area contributed by atoms with Gasteiger partial charge in [-0.15, -0.1) is 0 Å². The summed E-state index contributed by atoms with van der Waals surface area (Å²) in [4.78, 5) is 15.5. The molecule has 0 unspecified atom stereocenters. The predicted molar refractivity (Wildman–Crippen MR) is 172 cm³/mol. The van der Waals surface area contributed by atoms with Crippen LogP contribution in [-0.2, 0) is 0 Å². The molecule has 0 amide bonds. The van der Waals surface area contributed by atoms with Crippen LogP contribution in [0.5, 0.6) is 0 Å². The van der Waals surface area contributed by atoms with Gasteiger partial charge in [-0.25, -0.2) is 15.0 Å². The van der Waals surface area contributed by atoms with Crippen molar-refractivity contribution in [2.75, 3.05) is 6.54 Å². The van der Waals surface area contributed by atoms with E-state index in [2.05, 4.69) is 72.0 Å². The molecule has 0 fully saturated rings. The molecule has 0 aromatic carbocycles. The minimum absolute atomic E-state index is 0.390. The standard InChI is InChI=1S/C35H45N5O/c1-8-20-21(9-2)29-17-32-34(41)35(13-6,14-7)33(40-32)18-31-23(11-4)22(10-3)27(39-31)16-30-25(19-36)24(12-5)28(38-30)15-26(20)37-29/h15-18,40-41H,8-14,19,36H2,1-7H3. The Hall–Kier alpha value is -3.51. The normalized spacial score (nSPS) is 21.6. The van der Waals surface area contributed by atoms with E-state index in [-0.39, 0.29) is 0 Å². The van der Waals surface area contributed by atoms with Gasteiger partial charge in [-0.1, -0.05) is 48.5 Å². The number of aliphatic hydroxyl groups excluding tert-OH is 1. The molecule has 8 bridgehead atoms. The van der Waals surface area contributed by atoms with E-state index in [0.29, 0.717) is 12.3 Å². The summed E-state index contributed by atoms with van der Waals surface area (Å²) in [6.45, 7) is 15.6. The largest absolute Gasteiger partial charge is 0.509 e. The molecule has 5 aliphatic rings. The number of hydrogen-bond acceptors (Lipinski definition) is 6. The molecule has 6 heteroatoms. The van der Waals surface area contributed by atoms with Crippen LogP contribution in [0.25, 0.3) is 0 Å². The molecule has 216 valence electrons. The van der Waals surface area contributed by atoms with Gasteiger partial charge in [0.2, 0.25) is 0 Å². The molecule has 6 nitrogen and oxygen atoms in total. The summed E-state index contributed by atoms with van der Waals surface area (Å²) in [5, 5.41) is 15.4. The summed E-state index contributed by atoms with van der Waals surface area (Å²) in [5.41, 5.74) is 20.4. The van der Waals surface area contributed by atoms with Crippen LogP contribution in [0.15, 0.2) is 107 Å². The number of aliphatic hydroxyl groups is 1. The van der Waals surface area contributed by atoms with E-state index in [4.69, 9.17) is 20.7 Å². The van der Waals surface area contributed by atoms with E-state index in [1.807, 2.05) is 6.08 Å². The fraction of sp³-hybridized carbons (Fsp3) is 0.457. The van der Waals surface area contributed by atoms with Crippen molar-refractivity contribution in [1.29, 1.82) is 0 Å². The van der Waals surface area contributed by atoms with E-state index < -0.39 is 5.41 Å². The van der Waals surface area contributed by atoms with Crippen molar-refractivity contribution in [1.82, 2.24) is 5.32 Å². The van der Waals surface area contributed by atoms with Crippen molar-refractivity contribution >= 4 is 17.1 Å². The second-order valence-corrected chi connectivity index (χ2v) is 11.2. The number of allylic oxidation sites excluding steroid dienone is 9. The Bertz CT molecular complexity index is 1520. The van der Waals surface area contributed by atoms with Crippen molar-refractivity contribution in [3.05, 3.63) is 92.0 Å². The van der Waals surface area contributed by atoms with Crippen LogP contribution in [0.2, 0.25) is 0 Å². The molecule has 5 heterocycles. The lowest BCUT2D eigenvalue weighted by atomic mass is 9.78. The minimum atomic E-state index is -0.494. The Morgan fingerprint density at radius 2 is 1.02 bits per heavy atom. The first-order valence-electron chi connectivity index (χ1n) is 15.6. The fourth-order valence-electron chi connectivity index (χ4n) is 7.12. The first kappa shape index (κ1) is 29.0. The first-order valence-corrected chi connectivity index (χ1v) is 15.6. The van der Waals surface area contributed by atoms with Crippen LogP contribution in [0.3, 0.4) is 0 Å². The summed E-state index contributed by atoms with van der Waals surface area (Å²) in [6, 6.07) is 0. The topological polar surface area (TPSA) is 95.4 Å². The second kappa shape index (κ2) is 11.4. The molecule has 0 spiro atoms. The van der Waals surface area contributed by atoms with Crippen LogP contribution in [-0.4, -0.2) is 28.8 Å². The molecule has 5 aliphatic heterocycles. The van der Waals surface area contributed by atoms with Crippen molar-refractivity contribution < 1.29 is 5.11 Å². The molecule has 0 aromatic rings. The average molecular weight is 552 g/mol. The van der Waals surface area contributed by atoms with Gasteiger partial charge in [0.15, 0.2) is 0 Å². The van der Waals surface area contributed by atoms with Gasteiger partial charge in [-0.2, -0.15) is 0 Å². The average Bonchev–Trinajstić information content (AvgIpc) is 3.67. The van der Waals surface area contributed by atoms with E-state index in [1.165, 1.54) is 27.9 Å². The Kier molecular flexibility index (Phi) is 8.06. The highest BCUT2D eigenvalue weighted by molar-refractivity contribution is 6.18. The lowest BCUT2D eigenvalue weighted by molar-refractivity contribution is 0.250. The number of nitrogens with two attached hydrogens (primary N) is 1. The van der Waals surface area contributed by atoms with E-state index in [9.17, 15) is 5.11 Å². The van der Waals surface area contributed by atoms with Gasteiger partial charge < -0.3 is 16.2 Å². The number of nitrogens with zero attached hydrogens (tertiary/aromatic N) is 3. The molecule has 0 saturated heterocycles. The summed E-state index contributed by atoms with van der Waals surface area (Å²) in [6.07, 6.45) is 14.4. The van der Waals surface area contributed by atoms with E-state index in [1.54, 1.807) is 0 Å². The highest BCUT2D eigenvalue weighted by atomic mass is 16.3. The molecular weight excluding hydrogens is 506 g/mol. The maximum absolute atomic E-state index is 11.7. The van der Waals surface area contributed by atoms with Crippen LogP contribution in [0.4, 0.5) is 0 Å². The van der Waals surface area contributed by atoms with E-state index >= 15 is 0 Å². The van der Waals surface area contributed by atoms with Crippen LogP contribution < -0.4 is 11.1 Å². The van der Waals surface area contributed by atoms with E-state index in [0.717, 1.165) is 96.1 Å². The molecule has 0 atom stereocenters. The van der Waals surface area contributed by atoms with Gasteiger partial charge >= 0.3 is 0 Å². The summed E-state index contributed by atoms with van der Waals surface area (Å²) in [7, 11) is 0. The zero-order valence-corrected chi connectivity index (χ0v) is 25.8. The summed E-state index contributed by atoms with van der Waals surface area (Å²) < 4.78 is 0. The summed E-state index contributed by atoms with van der Waals surface area (Å²) >= 11 is 0. The molecule has 0 aliphatic carbocycles. The number of rotatable bonds is 8. The first-order chi connectivity index (χ1) is 19.8. The Labute approximate surface area is 245 Å². The Morgan fingerprint density at radius 3 is 1.46 bits per heavy atom. The minimum Gasteiger partial charge on any atom is -0.509 e. The van der Waals surface area contributed by atoms with Gasteiger partial charge in [0.1, 0.15) is 5.76 Å². The number of hydrogen-bond donors (Lipinski definition) is 3. The Balaban J connectivity index is 1.85. The summed E-state index contributed by atoms with van der Waals surface area (Å²) in [5.74, 6) is 0.390. The highest BCUT2D eigenvalue weighted by Gasteiger charge is 2.43. The highest BCUT2D eigenvalue weighted by Crippen LogP contribution is 2.47. The third-order valence-electron chi connectivity index (χ3n) is 9.45. The maximum atomic E-state index is 11.7. The quantitative estimate of drug-likeness (QED) is 0.285. The van der Waals surface area contributed by atoms with Crippen molar-refractivity contribution in [3.8, 4) is 0 Å². The van der Waals surface area contributed by atoms with Crippen LogP contribution in [0, 0.1) is 5.41 Å². The molecule has 0 saturated carbocycles. The number of fused-ring (bicyclic) bond motifs is 5. The van der Waals surface area contributed by atoms with Gasteiger partial charge in [0, 0.05) is 12.2 Å². The molecule has 0 radical (unpaired) electrons. The smallest absolute Gasteiger partial charge is 0.128 e. The molecule has 4 N–H and O–H groups in total. The third kappa shape index (κ3) is 4.47. The zero-order chi connectivity index (χ0) is 29.5. The lowest BCUT2D eigenvalue weighted by Gasteiger charge is -2.28. The van der Waals surface area contributed by atoms with Crippen molar-refractivity contribution in [2.45, 2.75) is 93.4 Å². The molecular formula is C35H45N5O. The number of aliphatic imine (C=N–C) groups is 3. The van der Waals surface area contributed by atoms with Crippen molar-refractivity contribution in [3.63, 3.8) is 0 Å². The fourth-order valence-corrected chi connectivity index (χ4v) is 7.12. The lowest BCUT2D eigenvalue weighted by Crippen LogP contribution is -2.25. The van der Waals surface area contributed by atoms with Gasteiger partial charge in [0.25, 0.3) is 0 Å². The molecule has 5 rings (SSSR count). The number of nitrogens with one attached hydrogen (secondary N) is 1. The third-order valence-corrected chi connectivity index (χ3v) is 9.45. The van der Waals surface area contributed by atoms with Gasteiger partial charge in [-0.3, -0.25) is 0 Å². The van der Waals surface area contributed by atoms with Gasteiger partial charge in [-0.05, 0) is 103 Å². The predicted octanol–water partition coefficient (Wildman–Crippen LogP) is 7.98. The Morgan fingerprint density at radius 1 is 0.610 bits per heavy atom. The van der Waals surface area contributed by atoms with Crippen molar-refractivity contribution in [2.24, 2.45) is 26.1 Å². The molecule has 41 heavy (non-hydrogen) atoms. The van der Waals surface area contributed by atoms with Crippen LogP contribution >= 0.6 is 0 Å². The van der Waals surface area contributed by atoms with Crippen LogP contribution in [0.1, 0.15) is 93.4 Å². The molecule has 0 aromatic heterocycles. The van der Waals surface area contributed by atoms with Gasteiger partial charge in [0.05, 0.1) is 45.3 Å². The second-order valence-electron chi connectivity index (χ2n) is 11.2. The maximum Gasteiger partial charge on any atom is 0.128 e.